The summed E-state index contributed by atoms with van der Waals surface area (Å²) < 4.78 is 11.3. The van der Waals surface area contributed by atoms with Crippen LogP contribution in [0.25, 0.3) is 0 Å². The third-order valence-electron chi connectivity index (χ3n) is 5.56. The molecule has 0 aromatic rings. The number of hydrogen-bond acceptors (Lipinski definition) is 5. The fourth-order valence-electron chi connectivity index (χ4n) is 3.56. The fraction of sp³-hybridized carbons (Fsp3) is 0.960. The lowest BCUT2D eigenvalue weighted by atomic mass is 10.1. The summed E-state index contributed by atoms with van der Waals surface area (Å²) in [4.78, 5) is 12.3. The Morgan fingerprint density at radius 3 is 1.90 bits per heavy atom. The van der Waals surface area contributed by atoms with Crippen LogP contribution in [0.3, 0.4) is 0 Å². The van der Waals surface area contributed by atoms with E-state index in [0.29, 0.717) is 26.1 Å². The minimum Gasteiger partial charge on any atom is -0.462 e. The first-order valence-corrected chi connectivity index (χ1v) is 12.8. The molecule has 0 aromatic heterocycles. The predicted octanol–water partition coefficient (Wildman–Crippen LogP) is 5.91. The zero-order chi connectivity index (χ0) is 22.3. The fourth-order valence-corrected chi connectivity index (χ4v) is 3.56. The van der Waals surface area contributed by atoms with Gasteiger partial charge in [-0.05, 0) is 19.3 Å². The van der Waals surface area contributed by atoms with Crippen LogP contribution in [0, 0.1) is 0 Å². The molecule has 0 rings (SSSR count). The molecule has 0 saturated carbocycles. The minimum atomic E-state index is -0.341. The van der Waals surface area contributed by atoms with Gasteiger partial charge in [0, 0.05) is 12.8 Å². The van der Waals surface area contributed by atoms with E-state index in [1.807, 2.05) is 0 Å². The Hall–Kier alpha value is -0.650. The second kappa shape index (κ2) is 23.0. The van der Waals surface area contributed by atoms with Crippen LogP contribution in [0.1, 0.15) is 123 Å². The molecule has 0 fully saturated rings. The second-order valence-corrected chi connectivity index (χ2v) is 8.70. The molecule has 30 heavy (non-hydrogen) atoms. The third kappa shape index (κ3) is 20.6. The van der Waals surface area contributed by atoms with Crippen LogP contribution in [-0.4, -0.2) is 43.0 Å². The van der Waals surface area contributed by atoms with Crippen LogP contribution in [0.15, 0.2) is 0 Å². The Labute approximate surface area is 186 Å². The zero-order valence-electron chi connectivity index (χ0n) is 20.0. The average molecular weight is 430 g/mol. The largest absolute Gasteiger partial charge is 0.462 e. The van der Waals surface area contributed by atoms with Gasteiger partial charge in [0.25, 0.3) is 0 Å². The Bertz CT molecular complexity index is 365. The maximum Gasteiger partial charge on any atom is 0.306 e. The summed E-state index contributed by atoms with van der Waals surface area (Å²) in [5.74, 6) is -0.0661. The van der Waals surface area contributed by atoms with Crippen LogP contribution in [0.2, 0.25) is 0 Å². The molecular formula is C25H51NO4. The van der Waals surface area contributed by atoms with E-state index in [4.69, 9.17) is 20.3 Å². The van der Waals surface area contributed by atoms with Crippen molar-refractivity contribution in [3.63, 3.8) is 0 Å². The van der Waals surface area contributed by atoms with Crippen LogP contribution in [0.5, 0.6) is 0 Å². The standard InChI is InChI=1S/C25H51NO4/c1-3-5-7-9-10-11-12-14-16-18-25(28)30-24(17-15-13-8-6-4-2)19-20-29-22-23(26)21-27/h23-24,27H,3-22,26H2,1-2H3/t23-,24+/m0/s1. The summed E-state index contributed by atoms with van der Waals surface area (Å²) in [6.07, 6.45) is 19.3. The number of rotatable bonds is 23. The van der Waals surface area contributed by atoms with Crippen LogP contribution < -0.4 is 5.73 Å². The molecule has 0 bridgehead atoms. The van der Waals surface area contributed by atoms with Crippen molar-refractivity contribution in [1.29, 1.82) is 0 Å². The third-order valence-corrected chi connectivity index (χ3v) is 5.56. The number of unbranched alkanes of at least 4 members (excludes halogenated alkanes) is 12. The topological polar surface area (TPSA) is 81.8 Å². The lowest BCUT2D eigenvalue weighted by molar-refractivity contribution is -0.150. The van der Waals surface area contributed by atoms with Crippen molar-refractivity contribution >= 4 is 5.97 Å². The maximum atomic E-state index is 12.3. The highest BCUT2D eigenvalue weighted by molar-refractivity contribution is 5.69. The number of carbonyl (C=O) groups is 1. The number of aliphatic hydroxyl groups excluding tert-OH is 1. The predicted molar refractivity (Wildman–Crippen MR) is 126 cm³/mol. The van der Waals surface area contributed by atoms with E-state index in [9.17, 15) is 4.79 Å². The molecule has 5 heteroatoms. The molecule has 0 spiro atoms. The Balaban J connectivity index is 3.96. The van der Waals surface area contributed by atoms with Crippen molar-refractivity contribution in [3.8, 4) is 0 Å². The van der Waals surface area contributed by atoms with Crippen molar-refractivity contribution in [2.45, 2.75) is 135 Å². The molecule has 5 nitrogen and oxygen atoms in total. The molecule has 0 aliphatic heterocycles. The van der Waals surface area contributed by atoms with Gasteiger partial charge in [0.15, 0.2) is 0 Å². The van der Waals surface area contributed by atoms with Gasteiger partial charge in [-0.1, -0.05) is 90.9 Å². The van der Waals surface area contributed by atoms with Crippen LogP contribution in [-0.2, 0) is 14.3 Å². The molecule has 0 heterocycles. The molecule has 2 atom stereocenters. The molecule has 3 N–H and O–H groups in total. The van der Waals surface area contributed by atoms with Crippen LogP contribution in [0.4, 0.5) is 0 Å². The maximum absolute atomic E-state index is 12.3. The molecule has 0 aromatic carbocycles. The first-order valence-electron chi connectivity index (χ1n) is 12.8. The van der Waals surface area contributed by atoms with E-state index in [1.54, 1.807) is 0 Å². The average Bonchev–Trinajstić information content (AvgIpc) is 2.74. The molecule has 0 amide bonds. The smallest absolute Gasteiger partial charge is 0.306 e. The van der Waals surface area contributed by atoms with Crippen molar-refractivity contribution in [3.05, 3.63) is 0 Å². The van der Waals surface area contributed by atoms with Crippen molar-refractivity contribution in [1.82, 2.24) is 0 Å². The summed E-state index contributed by atoms with van der Waals surface area (Å²) in [5.41, 5.74) is 5.66. The van der Waals surface area contributed by atoms with E-state index in [2.05, 4.69) is 13.8 Å². The van der Waals surface area contributed by atoms with Crippen molar-refractivity contribution < 1.29 is 19.4 Å². The monoisotopic (exact) mass is 429 g/mol. The highest BCUT2D eigenvalue weighted by atomic mass is 16.5. The molecule has 0 radical (unpaired) electrons. The summed E-state index contributed by atoms with van der Waals surface area (Å²) in [7, 11) is 0. The van der Waals surface area contributed by atoms with Crippen LogP contribution >= 0.6 is 0 Å². The first kappa shape index (κ1) is 29.4. The van der Waals surface area contributed by atoms with Gasteiger partial charge in [0.2, 0.25) is 0 Å². The Morgan fingerprint density at radius 2 is 1.33 bits per heavy atom. The SMILES string of the molecule is CCCCCCCCCCCC(=O)O[C@H](CCCCCCC)CCOC[C@@H](N)CO. The van der Waals surface area contributed by atoms with Crippen molar-refractivity contribution in [2.75, 3.05) is 19.8 Å². The van der Waals surface area contributed by atoms with Gasteiger partial charge in [-0.15, -0.1) is 0 Å². The highest BCUT2D eigenvalue weighted by Crippen LogP contribution is 2.15. The van der Waals surface area contributed by atoms with E-state index in [1.165, 1.54) is 70.6 Å². The number of ether oxygens (including phenoxy) is 2. The lowest BCUT2D eigenvalue weighted by Gasteiger charge is -2.19. The quantitative estimate of drug-likeness (QED) is 0.156. The summed E-state index contributed by atoms with van der Waals surface area (Å²) >= 11 is 0. The summed E-state index contributed by atoms with van der Waals surface area (Å²) in [6.45, 7) is 5.24. The molecule has 0 unspecified atom stereocenters. The van der Waals surface area contributed by atoms with Gasteiger partial charge in [-0.3, -0.25) is 4.79 Å². The highest BCUT2D eigenvalue weighted by Gasteiger charge is 2.14. The first-order chi connectivity index (χ1) is 14.6. The minimum absolute atomic E-state index is 0.0661. The van der Waals surface area contributed by atoms with Gasteiger partial charge in [0.1, 0.15) is 6.10 Å². The number of hydrogen-bond donors (Lipinski definition) is 2. The zero-order valence-corrected chi connectivity index (χ0v) is 20.0. The van der Waals surface area contributed by atoms with Gasteiger partial charge in [-0.2, -0.15) is 0 Å². The van der Waals surface area contributed by atoms with E-state index >= 15 is 0 Å². The Kier molecular flexibility index (Phi) is 22.5. The normalized spacial score (nSPS) is 13.3. The molecule has 0 saturated heterocycles. The van der Waals surface area contributed by atoms with Crippen molar-refractivity contribution in [2.24, 2.45) is 5.73 Å². The number of carbonyl (C=O) groups excluding carboxylic acids is 1. The number of aliphatic hydroxyl groups is 1. The Morgan fingerprint density at radius 1 is 0.800 bits per heavy atom. The van der Waals surface area contributed by atoms with E-state index in [-0.39, 0.29) is 24.7 Å². The molecule has 0 aliphatic rings. The molecule has 180 valence electrons. The summed E-state index contributed by atoms with van der Waals surface area (Å²) in [6, 6.07) is -0.341. The van der Waals surface area contributed by atoms with Gasteiger partial charge in [0.05, 0.1) is 25.9 Å². The van der Waals surface area contributed by atoms with Gasteiger partial charge < -0.3 is 20.3 Å². The van der Waals surface area contributed by atoms with Gasteiger partial charge >= 0.3 is 5.97 Å². The lowest BCUT2D eigenvalue weighted by Crippen LogP contribution is -2.30. The molecular weight excluding hydrogens is 378 g/mol. The summed E-state index contributed by atoms with van der Waals surface area (Å²) in [5, 5.41) is 8.96. The van der Waals surface area contributed by atoms with E-state index in [0.717, 1.165) is 25.7 Å². The molecule has 0 aliphatic carbocycles. The van der Waals surface area contributed by atoms with Gasteiger partial charge in [-0.25, -0.2) is 0 Å². The van der Waals surface area contributed by atoms with E-state index < -0.39 is 0 Å². The second-order valence-electron chi connectivity index (χ2n) is 8.70. The number of nitrogens with two attached hydrogens (primary N) is 1. The number of esters is 1.